The number of benzene rings is 2. The third-order valence-corrected chi connectivity index (χ3v) is 6.73. The summed E-state index contributed by atoms with van der Waals surface area (Å²) in [4.78, 5) is 14.4. The Labute approximate surface area is 191 Å². The van der Waals surface area contributed by atoms with Gasteiger partial charge in [0.05, 0.1) is 0 Å². The van der Waals surface area contributed by atoms with Gasteiger partial charge in [-0.3, -0.25) is 0 Å². The summed E-state index contributed by atoms with van der Waals surface area (Å²) in [6.07, 6.45) is 3.62. The highest BCUT2D eigenvalue weighted by Crippen LogP contribution is 2.42. The third-order valence-electron chi connectivity index (χ3n) is 6.73. The van der Waals surface area contributed by atoms with E-state index in [2.05, 4.69) is 35.6 Å². The zero-order chi connectivity index (χ0) is 22.8. The maximum atomic E-state index is 13.4. The number of nitrogens with one attached hydrogen (secondary N) is 1. The Morgan fingerprint density at radius 3 is 2.38 bits per heavy atom. The number of halogens is 1. The maximum absolute atomic E-state index is 13.4. The van der Waals surface area contributed by atoms with E-state index < -0.39 is 5.60 Å². The first-order chi connectivity index (χ1) is 15.2. The second-order valence-electron chi connectivity index (χ2n) is 10.5. The van der Waals surface area contributed by atoms with Crippen molar-refractivity contribution in [2.45, 2.75) is 64.0 Å². The molecule has 0 radical (unpaired) electrons. The monoisotopic (exact) mass is 438 g/mol. The zero-order valence-electron chi connectivity index (χ0n) is 19.4. The van der Waals surface area contributed by atoms with Gasteiger partial charge in [-0.05, 0) is 75.1 Å². The molecule has 0 aromatic heterocycles. The fourth-order valence-corrected chi connectivity index (χ4v) is 4.78. The van der Waals surface area contributed by atoms with Gasteiger partial charge in [0.1, 0.15) is 11.4 Å². The Bertz CT molecular complexity index is 900. The molecule has 1 saturated carbocycles. The van der Waals surface area contributed by atoms with Gasteiger partial charge in [0.15, 0.2) is 0 Å². The van der Waals surface area contributed by atoms with Gasteiger partial charge in [-0.25, -0.2) is 9.18 Å². The lowest BCUT2D eigenvalue weighted by molar-refractivity contribution is 0.00990. The van der Waals surface area contributed by atoms with Crippen LogP contribution in [-0.2, 0) is 11.2 Å². The van der Waals surface area contributed by atoms with Crippen LogP contribution in [0.1, 0.15) is 57.1 Å². The average molecular weight is 439 g/mol. The minimum atomic E-state index is -0.486. The molecule has 1 N–H and O–H groups in total. The summed E-state index contributed by atoms with van der Waals surface area (Å²) in [6.45, 7) is 7.97. The molecule has 0 spiro atoms. The number of carbonyl (C=O) groups excluding carboxylic acids is 1. The normalized spacial score (nSPS) is 22.4. The topological polar surface area (TPSA) is 41.6 Å². The van der Waals surface area contributed by atoms with Crippen molar-refractivity contribution in [1.82, 2.24) is 10.2 Å². The van der Waals surface area contributed by atoms with Gasteiger partial charge in [-0.15, -0.1) is 0 Å². The smallest absolute Gasteiger partial charge is 0.410 e. The molecular formula is C27H35FN2O2. The average Bonchev–Trinajstić information content (AvgIpc) is 3.54. The second kappa shape index (κ2) is 9.22. The van der Waals surface area contributed by atoms with Crippen LogP contribution in [0.4, 0.5) is 9.18 Å². The molecule has 1 amide bonds. The highest BCUT2D eigenvalue weighted by atomic mass is 19.1. The third kappa shape index (κ3) is 5.89. The number of likely N-dealkylation sites (tertiary alicyclic amines) is 1. The van der Waals surface area contributed by atoms with E-state index in [-0.39, 0.29) is 17.3 Å². The molecule has 4 nitrogen and oxygen atoms in total. The minimum absolute atomic E-state index is 0.0418. The quantitative estimate of drug-likeness (QED) is 0.645. The predicted octanol–water partition coefficient (Wildman–Crippen LogP) is 5.53. The van der Waals surface area contributed by atoms with Gasteiger partial charge < -0.3 is 15.0 Å². The van der Waals surface area contributed by atoms with E-state index in [1.165, 1.54) is 12.0 Å². The molecule has 5 heteroatoms. The number of hydrogen-bond donors (Lipinski definition) is 1. The first-order valence-electron chi connectivity index (χ1n) is 11.7. The van der Waals surface area contributed by atoms with E-state index in [4.69, 9.17) is 4.74 Å². The Kier molecular flexibility index (Phi) is 6.57. The zero-order valence-corrected chi connectivity index (χ0v) is 19.4. The first-order valence-corrected chi connectivity index (χ1v) is 11.7. The van der Waals surface area contributed by atoms with E-state index >= 15 is 0 Å². The lowest BCUT2D eigenvalue weighted by Crippen LogP contribution is -2.49. The van der Waals surface area contributed by atoms with Crippen LogP contribution in [0.3, 0.4) is 0 Å². The van der Waals surface area contributed by atoms with E-state index in [1.54, 1.807) is 12.1 Å². The lowest BCUT2D eigenvalue weighted by Gasteiger charge is -2.42. The van der Waals surface area contributed by atoms with E-state index in [0.29, 0.717) is 25.0 Å². The predicted molar refractivity (Wildman–Crippen MR) is 125 cm³/mol. The Morgan fingerprint density at radius 1 is 1.09 bits per heavy atom. The molecule has 2 fully saturated rings. The first kappa shape index (κ1) is 22.8. The van der Waals surface area contributed by atoms with Gasteiger partial charge in [0, 0.05) is 31.6 Å². The fraction of sp³-hybridized carbons (Fsp3) is 0.519. The number of carbonyl (C=O) groups is 1. The highest BCUT2D eigenvalue weighted by molar-refractivity contribution is 5.68. The molecule has 1 aliphatic carbocycles. The number of ether oxygens (including phenoxy) is 1. The minimum Gasteiger partial charge on any atom is -0.444 e. The molecule has 1 aliphatic heterocycles. The molecule has 2 atom stereocenters. The van der Waals surface area contributed by atoms with Gasteiger partial charge in [0.25, 0.3) is 0 Å². The van der Waals surface area contributed by atoms with Gasteiger partial charge in [-0.2, -0.15) is 0 Å². The van der Waals surface area contributed by atoms with Crippen LogP contribution in [0.5, 0.6) is 0 Å². The number of nitrogens with zero attached hydrogens (tertiary/aromatic N) is 1. The summed E-state index contributed by atoms with van der Waals surface area (Å²) >= 11 is 0. The standard InChI is InChI=1S/C27H35FN2O2/c1-26(2,3)32-25(31)30-15-13-27(14-16-30,18-20-9-11-22(28)12-10-20)19-29-24-17-23(24)21-7-5-4-6-8-21/h4-12,23-24,29H,13-19H2,1-3H3/t23-,24+/m0/s1. The number of hydrogen-bond acceptors (Lipinski definition) is 3. The van der Waals surface area contributed by atoms with Gasteiger partial charge in [-0.1, -0.05) is 42.5 Å². The van der Waals surface area contributed by atoms with Crippen molar-refractivity contribution in [2.75, 3.05) is 19.6 Å². The highest BCUT2D eigenvalue weighted by Gasteiger charge is 2.42. The summed E-state index contributed by atoms with van der Waals surface area (Å²) in [5.74, 6) is 0.380. The van der Waals surface area contributed by atoms with E-state index in [1.807, 2.05) is 37.8 Å². The molecule has 0 unspecified atom stereocenters. The van der Waals surface area contributed by atoms with Crippen LogP contribution in [0.2, 0.25) is 0 Å². The fourth-order valence-electron chi connectivity index (χ4n) is 4.78. The lowest BCUT2D eigenvalue weighted by atomic mass is 9.73. The van der Waals surface area contributed by atoms with Crippen LogP contribution in [0.25, 0.3) is 0 Å². The molecule has 1 saturated heterocycles. The Balaban J connectivity index is 1.40. The maximum Gasteiger partial charge on any atom is 0.410 e. The van der Waals surface area contributed by atoms with Crippen molar-refractivity contribution in [3.63, 3.8) is 0 Å². The van der Waals surface area contributed by atoms with Crippen molar-refractivity contribution in [2.24, 2.45) is 5.41 Å². The molecule has 4 rings (SSSR count). The van der Waals surface area contributed by atoms with Gasteiger partial charge in [0.2, 0.25) is 0 Å². The molecule has 2 aliphatic rings. The number of rotatable bonds is 6. The summed E-state index contributed by atoms with van der Waals surface area (Å²) < 4.78 is 19.0. The Morgan fingerprint density at radius 2 is 1.75 bits per heavy atom. The summed E-state index contributed by atoms with van der Waals surface area (Å²) in [6, 6.07) is 18.1. The molecule has 2 aromatic rings. The molecule has 2 aromatic carbocycles. The molecular weight excluding hydrogens is 403 g/mol. The Hall–Kier alpha value is -2.40. The molecule has 32 heavy (non-hydrogen) atoms. The van der Waals surface area contributed by atoms with Gasteiger partial charge >= 0.3 is 6.09 Å². The largest absolute Gasteiger partial charge is 0.444 e. The van der Waals surface area contributed by atoms with Crippen LogP contribution in [0, 0.1) is 11.2 Å². The summed E-state index contributed by atoms with van der Waals surface area (Å²) in [5, 5.41) is 3.82. The van der Waals surface area contributed by atoms with E-state index in [9.17, 15) is 9.18 Å². The van der Waals surface area contributed by atoms with E-state index in [0.717, 1.165) is 31.4 Å². The van der Waals surface area contributed by atoms with Crippen molar-refractivity contribution >= 4 is 6.09 Å². The summed E-state index contributed by atoms with van der Waals surface area (Å²) in [5.41, 5.74) is 2.10. The molecule has 172 valence electrons. The van der Waals surface area contributed by atoms with Crippen LogP contribution in [0.15, 0.2) is 54.6 Å². The van der Waals surface area contributed by atoms with Crippen molar-refractivity contribution in [3.05, 3.63) is 71.5 Å². The molecule has 0 bridgehead atoms. The number of amides is 1. The van der Waals surface area contributed by atoms with Crippen molar-refractivity contribution < 1.29 is 13.9 Å². The molecule has 1 heterocycles. The van der Waals surface area contributed by atoms with Crippen LogP contribution in [-0.4, -0.2) is 42.3 Å². The van der Waals surface area contributed by atoms with Crippen LogP contribution < -0.4 is 5.32 Å². The number of piperidine rings is 1. The SMILES string of the molecule is CC(C)(C)OC(=O)N1CCC(CN[C@@H]2C[C@H]2c2ccccc2)(Cc2ccc(F)cc2)CC1. The van der Waals surface area contributed by atoms with Crippen LogP contribution >= 0.6 is 0 Å². The van der Waals surface area contributed by atoms with Crippen molar-refractivity contribution in [1.29, 1.82) is 0 Å². The summed E-state index contributed by atoms with van der Waals surface area (Å²) in [7, 11) is 0. The second-order valence-corrected chi connectivity index (χ2v) is 10.5. The van der Waals surface area contributed by atoms with Crippen molar-refractivity contribution in [3.8, 4) is 0 Å².